The van der Waals surface area contributed by atoms with E-state index < -0.39 is 0 Å². The van der Waals surface area contributed by atoms with E-state index in [1.54, 1.807) is 11.3 Å². The van der Waals surface area contributed by atoms with Crippen LogP contribution in [0.15, 0.2) is 53.0 Å². The number of nitrogens with zero attached hydrogens (tertiary/aromatic N) is 1. The second-order valence-corrected chi connectivity index (χ2v) is 6.12. The molecule has 0 N–H and O–H groups in total. The molecule has 2 aromatic carbocycles. The van der Waals surface area contributed by atoms with Crippen molar-refractivity contribution >= 4 is 43.3 Å². The first kappa shape index (κ1) is 12.5. The zero-order valence-electron chi connectivity index (χ0n) is 9.97. The lowest BCUT2D eigenvalue weighted by Gasteiger charge is -2.01. The van der Waals surface area contributed by atoms with E-state index in [1.165, 1.54) is 0 Å². The smallest absolute Gasteiger partial charge is 0.170 e. The number of para-hydroxylation sites is 1. The molecule has 0 aliphatic carbocycles. The Hall–Kier alpha value is -1.52. The minimum absolute atomic E-state index is 0.0894. The summed E-state index contributed by atoms with van der Waals surface area (Å²) < 4.78 is 1.96. The highest BCUT2D eigenvalue weighted by molar-refractivity contribution is 9.10. The van der Waals surface area contributed by atoms with Gasteiger partial charge in [-0.3, -0.25) is 4.79 Å². The van der Waals surface area contributed by atoms with Gasteiger partial charge < -0.3 is 0 Å². The van der Waals surface area contributed by atoms with Crippen molar-refractivity contribution < 1.29 is 4.79 Å². The predicted molar refractivity (Wildman–Crippen MR) is 81.8 cm³/mol. The molecule has 19 heavy (non-hydrogen) atoms. The maximum atomic E-state index is 12.2. The highest BCUT2D eigenvalue weighted by Crippen LogP contribution is 2.24. The van der Waals surface area contributed by atoms with E-state index in [1.807, 2.05) is 48.5 Å². The van der Waals surface area contributed by atoms with Crippen molar-refractivity contribution in [2.24, 2.45) is 0 Å². The monoisotopic (exact) mass is 331 g/mol. The fourth-order valence-electron chi connectivity index (χ4n) is 1.92. The fourth-order valence-corrected chi connectivity index (χ4v) is 3.39. The number of hydrogen-bond donors (Lipinski definition) is 0. The van der Waals surface area contributed by atoms with Gasteiger partial charge in [-0.05, 0) is 18.2 Å². The predicted octanol–water partition coefficient (Wildman–Crippen LogP) is 4.48. The van der Waals surface area contributed by atoms with Crippen molar-refractivity contribution in [1.29, 1.82) is 0 Å². The third-order valence-electron chi connectivity index (χ3n) is 2.82. The van der Waals surface area contributed by atoms with Crippen molar-refractivity contribution in [3.8, 4) is 0 Å². The van der Waals surface area contributed by atoms with Crippen molar-refractivity contribution in [2.75, 3.05) is 0 Å². The summed E-state index contributed by atoms with van der Waals surface area (Å²) in [7, 11) is 0. The Morgan fingerprint density at radius 2 is 1.84 bits per heavy atom. The van der Waals surface area contributed by atoms with Gasteiger partial charge in [0.1, 0.15) is 5.01 Å². The van der Waals surface area contributed by atoms with Gasteiger partial charge in [-0.25, -0.2) is 4.98 Å². The summed E-state index contributed by atoms with van der Waals surface area (Å²) in [6.07, 6.45) is 0.349. The molecular weight excluding hydrogens is 322 g/mol. The van der Waals surface area contributed by atoms with Gasteiger partial charge in [-0.2, -0.15) is 0 Å². The van der Waals surface area contributed by atoms with E-state index in [0.29, 0.717) is 12.0 Å². The van der Waals surface area contributed by atoms with Crippen molar-refractivity contribution in [2.45, 2.75) is 6.42 Å². The molecule has 0 amide bonds. The quantitative estimate of drug-likeness (QED) is 0.662. The molecule has 0 unspecified atom stereocenters. The molecule has 1 heterocycles. The number of benzene rings is 2. The molecule has 0 aliphatic rings. The van der Waals surface area contributed by atoms with Gasteiger partial charge in [-0.1, -0.05) is 46.3 Å². The van der Waals surface area contributed by atoms with Crippen LogP contribution in [0.2, 0.25) is 0 Å². The molecule has 0 atom stereocenters. The number of fused-ring (bicyclic) bond motifs is 1. The SMILES string of the molecule is O=C(Cc1nc2ccccc2s1)c1ccccc1Br. The van der Waals surface area contributed by atoms with Crippen LogP contribution in [-0.2, 0) is 6.42 Å². The largest absolute Gasteiger partial charge is 0.294 e. The number of Topliss-reactive ketones (excluding diaryl/α,β-unsaturated/α-hetero) is 1. The van der Waals surface area contributed by atoms with Crippen LogP contribution in [0.4, 0.5) is 0 Å². The van der Waals surface area contributed by atoms with Gasteiger partial charge in [0, 0.05) is 10.0 Å². The number of rotatable bonds is 3. The lowest BCUT2D eigenvalue weighted by atomic mass is 10.1. The second kappa shape index (κ2) is 5.23. The Labute approximate surface area is 123 Å². The number of thiazole rings is 1. The van der Waals surface area contributed by atoms with Crippen LogP contribution in [0, 0.1) is 0 Å². The topological polar surface area (TPSA) is 30.0 Å². The average Bonchev–Trinajstić information content (AvgIpc) is 2.81. The number of aromatic nitrogens is 1. The van der Waals surface area contributed by atoms with Gasteiger partial charge in [-0.15, -0.1) is 11.3 Å². The van der Waals surface area contributed by atoms with E-state index in [4.69, 9.17) is 0 Å². The van der Waals surface area contributed by atoms with Crippen LogP contribution in [0.3, 0.4) is 0 Å². The number of carbonyl (C=O) groups is 1. The molecule has 0 radical (unpaired) electrons. The molecule has 2 nitrogen and oxygen atoms in total. The Bertz CT molecular complexity index is 717. The summed E-state index contributed by atoms with van der Waals surface area (Å²) in [5, 5.41) is 0.863. The van der Waals surface area contributed by atoms with E-state index in [-0.39, 0.29) is 5.78 Å². The van der Waals surface area contributed by atoms with Gasteiger partial charge >= 0.3 is 0 Å². The molecule has 0 saturated heterocycles. The summed E-state index contributed by atoms with van der Waals surface area (Å²) in [5.41, 5.74) is 1.67. The fraction of sp³-hybridized carbons (Fsp3) is 0.0667. The average molecular weight is 332 g/mol. The molecular formula is C15H10BrNOS. The molecule has 0 spiro atoms. The van der Waals surface area contributed by atoms with E-state index in [2.05, 4.69) is 20.9 Å². The number of halogens is 1. The van der Waals surface area contributed by atoms with Crippen LogP contribution in [-0.4, -0.2) is 10.8 Å². The lowest BCUT2D eigenvalue weighted by Crippen LogP contribution is -2.03. The first-order chi connectivity index (χ1) is 9.24. The Balaban J connectivity index is 1.89. The number of ketones is 1. The molecule has 0 bridgehead atoms. The molecule has 3 rings (SSSR count). The van der Waals surface area contributed by atoms with Gasteiger partial charge in [0.05, 0.1) is 16.6 Å². The van der Waals surface area contributed by atoms with Crippen molar-refractivity contribution in [1.82, 2.24) is 4.98 Å². The normalized spacial score (nSPS) is 10.8. The van der Waals surface area contributed by atoms with Gasteiger partial charge in [0.25, 0.3) is 0 Å². The molecule has 3 aromatic rings. The van der Waals surface area contributed by atoms with Crippen LogP contribution in [0.1, 0.15) is 15.4 Å². The van der Waals surface area contributed by atoms with E-state index in [0.717, 1.165) is 19.7 Å². The molecule has 0 fully saturated rings. The van der Waals surface area contributed by atoms with Gasteiger partial charge in [0.2, 0.25) is 0 Å². The zero-order valence-corrected chi connectivity index (χ0v) is 12.4. The summed E-state index contributed by atoms with van der Waals surface area (Å²) in [6, 6.07) is 15.4. The summed E-state index contributed by atoms with van der Waals surface area (Å²) in [4.78, 5) is 16.7. The second-order valence-electron chi connectivity index (χ2n) is 4.16. The number of hydrogen-bond acceptors (Lipinski definition) is 3. The molecule has 1 aromatic heterocycles. The summed E-state index contributed by atoms with van der Waals surface area (Å²) in [6.45, 7) is 0. The minimum atomic E-state index is 0.0894. The maximum Gasteiger partial charge on any atom is 0.170 e. The van der Waals surface area contributed by atoms with Crippen LogP contribution < -0.4 is 0 Å². The molecule has 4 heteroatoms. The van der Waals surface area contributed by atoms with Crippen LogP contribution >= 0.6 is 27.3 Å². The first-order valence-corrected chi connectivity index (χ1v) is 7.47. The molecule has 0 saturated carbocycles. The Morgan fingerprint density at radius 1 is 1.11 bits per heavy atom. The number of carbonyl (C=O) groups excluding carboxylic acids is 1. The highest BCUT2D eigenvalue weighted by Gasteiger charge is 2.13. The molecule has 0 aliphatic heterocycles. The van der Waals surface area contributed by atoms with E-state index in [9.17, 15) is 4.79 Å². The van der Waals surface area contributed by atoms with Gasteiger partial charge in [0.15, 0.2) is 5.78 Å². The van der Waals surface area contributed by atoms with Crippen molar-refractivity contribution in [3.63, 3.8) is 0 Å². The lowest BCUT2D eigenvalue weighted by molar-refractivity contribution is 0.0992. The Morgan fingerprint density at radius 3 is 2.63 bits per heavy atom. The summed E-state index contributed by atoms with van der Waals surface area (Å²) >= 11 is 4.99. The maximum absolute atomic E-state index is 12.2. The third kappa shape index (κ3) is 2.60. The standard InChI is InChI=1S/C15H10BrNOS/c16-11-6-2-1-5-10(11)13(18)9-15-17-12-7-3-4-8-14(12)19-15/h1-8H,9H2. The van der Waals surface area contributed by atoms with Crippen molar-refractivity contribution in [3.05, 3.63) is 63.6 Å². The third-order valence-corrected chi connectivity index (χ3v) is 4.55. The summed E-state index contributed by atoms with van der Waals surface area (Å²) in [5.74, 6) is 0.0894. The Kier molecular flexibility index (Phi) is 3.44. The molecule has 94 valence electrons. The van der Waals surface area contributed by atoms with Crippen LogP contribution in [0.5, 0.6) is 0 Å². The highest BCUT2D eigenvalue weighted by atomic mass is 79.9. The van der Waals surface area contributed by atoms with Crippen LogP contribution in [0.25, 0.3) is 10.2 Å². The van der Waals surface area contributed by atoms with E-state index >= 15 is 0 Å². The zero-order chi connectivity index (χ0) is 13.2. The minimum Gasteiger partial charge on any atom is -0.294 e. The first-order valence-electron chi connectivity index (χ1n) is 5.86.